The standard InChI is InChI=1S/C15H24N2O/c1-2-9-18-15-7-3-5-13(10-15)12-17-8-4-6-14(17)11-16/h3,5,7,10,14H,2,4,6,8-9,11-12,16H2,1H3. The summed E-state index contributed by atoms with van der Waals surface area (Å²) in [6, 6.07) is 8.99. The Morgan fingerprint density at radius 1 is 1.44 bits per heavy atom. The highest BCUT2D eigenvalue weighted by Crippen LogP contribution is 2.21. The second kappa shape index (κ2) is 6.76. The lowest BCUT2D eigenvalue weighted by Crippen LogP contribution is -2.34. The summed E-state index contributed by atoms with van der Waals surface area (Å²) in [5.74, 6) is 0.984. The Morgan fingerprint density at radius 3 is 3.11 bits per heavy atom. The quantitative estimate of drug-likeness (QED) is 0.840. The molecule has 3 nitrogen and oxygen atoms in total. The molecule has 1 aliphatic rings. The minimum absolute atomic E-state index is 0.560. The van der Waals surface area contributed by atoms with Crippen LogP contribution in [-0.2, 0) is 6.54 Å². The zero-order chi connectivity index (χ0) is 12.8. The van der Waals surface area contributed by atoms with Crippen LogP contribution < -0.4 is 10.5 Å². The van der Waals surface area contributed by atoms with E-state index in [2.05, 4.69) is 30.0 Å². The summed E-state index contributed by atoms with van der Waals surface area (Å²) in [5, 5.41) is 0. The summed E-state index contributed by atoms with van der Waals surface area (Å²) >= 11 is 0. The summed E-state index contributed by atoms with van der Waals surface area (Å²) in [4.78, 5) is 2.49. The molecule has 100 valence electrons. The molecule has 2 rings (SSSR count). The van der Waals surface area contributed by atoms with Gasteiger partial charge < -0.3 is 10.5 Å². The van der Waals surface area contributed by atoms with Gasteiger partial charge >= 0.3 is 0 Å². The molecule has 1 aromatic carbocycles. The zero-order valence-electron chi connectivity index (χ0n) is 11.3. The second-order valence-corrected chi connectivity index (χ2v) is 5.00. The molecule has 0 bridgehead atoms. The molecule has 0 amide bonds. The van der Waals surface area contributed by atoms with Crippen LogP contribution in [0.1, 0.15) is 31.7 Å². The largest absolute Gasteiger partial charge is 0.494 e. The molecule has 2 N–H and O–H groups in total. The molecule has 1 aliphatic heterocycles. The molecule has 18 heavy (non-hydrogen) atoms. The second-order valence-electron chi connectivity index (χ2n) is 5.00. The fourth-order valence-corrected chi connectivity index (χ4v) is 2.56. The number of hydrogen-bond acceptors (Lipinski definition) is 3. The third-order valence-corrected chi connectivity index (χ3v) is 3.53. The fraction of sp³-hybridized carbons (Fsp3) is 0.600. The highest BCUT2D eigenvalue weighted by molar-refractivity contribution is 5.28. The van der Waals surface area contributed by atoms with Gasteiger partial charge in [0.2, 0.25) is 0 Å². The number of ether oxygens (including phenoxy) is 1. The van der Waals surface area contributed by atoms with Crippen molar-refractivity contribution in [2.24, 2.45) is 5.73 Å². The first-order chi connectivity index (χ1) is 8.83. The van der Waals surface area contributed by atoms with Crippen LogP contribution in [0, 0.1) is 0 Å². The van der Waals surface area contributed by atoms with Crippen molar-refractivity contribution in [3.8, 4) is 5.75 Å². The minimum atomic E-state index is 0.560. The highest BCUT2D eigenvalue weighted by atomic mass is 16.5. The predicted molar refractivity (Wildman–Crippen MR) is 74.7 cm³/mol. The summed E-state index contributed by atoms with van der Waals surface area (Å²) in [7, 11) is 0. The summed E-state index contributed by atoms with van der Waals surface area (Å²) in [6.07, 6.45) is 3.56. The molecule has 1 atom stereocenters. The van der Waals surface area contributed by atoms with Crippen molar-refractivity contribution < 1.29 is 4.74 Å². The van der Waals surface area contributed by atoms with Gasteiger partial charge in [0.1, 0.15) is 5.75 Å². The Morgan fingerprint density at radius 2 is 2.33 bits per heavy atom. The van der Waals surface area contributed by atoms with E-state index in [4.69, 9.17) is 10.5 Å². The number of benzene rings is 1. The van der Waals surface area contributed by atoms with Gasteiger partial charge in [-0.2, -0.15) is 0 Å². The topological polar surface area (TPSA) is 38.5 Å². The minimum Gasteiger partial charge on any atom is -0.494 e. The lowest BCUT2D eigenvalue weighted by atomic mass is 10.1. The van der Waals surface area contributed by atoms with Gasteiger partial charge in [0.15, 0.2) is 0 Å². The van der Waals surface area contributed by atoms with Gasteiger partial charge in [-0.05, 0) is 43.5 Å². The van der Waals surface area contributed by atoms with Crippen LogP contribution >= 0.6 is 0 Å². The van der Waals surface area contributed by atoms with Gasteiger partial charge in [-0.15, -0.1) is 0 Å². The molecule has 0 saturated carbocycles. The van der Waals surface area contributed by atoms with Crippen LogP contribution in [0.5, 0.6) is 5.75 Å². The van der Waals surface area contributed by atoms with E-state index in [1.807, 2.05) is 6.07 Å². The number of hydrogen-bond donors (Lipinski definition) is 1. The van der Waals surface area contributed by atoms with Crippen LogP contribution in [0.25, 0.3) is 0 Å². The summed E-state index contributed by atoms with van der Waals surface area (Å²) in [5.41, 5.74) is 7.13. The Balaban J connectivity index is 1.96. The first kappa shape index (κ1) is 13.4. The van der Waals surface area contributed by atoms with E-state index < -0.39 is 0 Å². The molecule has 0 aliphatic carbocycles. The first-order valence-electron chi connectivity index (χ1n) is 6.99. The van der Waals surface area contributed by atoms with E-state index in [1.165, 1.54) is 24.9 Å². The van der Waals surface area contributed by atoms with E-state index in [1.54, 1.807) is 0 Å². The molecule has 1 fully saturated rings. The fourth-order valence-electron chi connectivity index (χ4n) is 2.56. The van der Waals surface area contributed by atoms with Gasteiger partial charge in [0.25, 0.3) is 0 Å². The molecule has 0 aromatic heterocycles. The van der Waals surface area contributed by atoms with Crippen LogP contribution in [0.2, 0.25) is 0 Å². The first-order valence-corrected chi connectivity index (χ1v) is 6.99. The number of nitrogens with zero attached hydrogens (tertiary/aromatic N) is 1. The number of nitrogens with two attached hydrogens (primary N) is 1. The average Bonchev–Trinajstić information content (AvgIpc) is 2.84. The van der Waals surface area contributed by atoms with Crippen molar-refractivity contribution in [3.05, 3.63) is 29.8 Å². The summed E-state index contributed by atoms with van der Waals surface area (Å²) in [6.45, 7) is 5.84. The normalized spacial score (nSPS) is 20.2. The van der Waals surface area contributed by atoms with E-state index in [0.29, 0.717) is 6.04 Å². The van der Waals surface area contributed by atoms with Gasteiger partial charge in [-0.25, -0.2) is 0 Å². The smallest absolute Gasteiger partial charge is 0.119 e. The van der Waals surface area contributed by atoms with Gasteiger partial charge in [-0.1, -0.05) is 19.1 Å². The van der Waals surface area contributed by atoms with Crippen LogP contribution in [0.3, 0.4) is 0 Å². The SMILES string of the molecule is CCCOc1cccc(CN2CCCC2CN)c1. The number of rotatable bonds is 6. The molecule has 0 spiro atoms. The van der Waals surface area contributed by atoms with Crippen LogP contribution in [0.4, 0.5) is 0 Å². The van der Waals surface area contributed by atoms with Crippen molar-refractivity contribution in [2.75, 3.05) is 19.7 Å². The van der Waals surface area contributed by atoms with E-state index in [-0.39, 0.29) is 0 Å². The maximum absolute atomic E-state index is 5.81. The molecule has 3 heteroatoms. The lowest BCUT2D eigenvalue weighted by molar-refractivity contribution is 0.249. The van der Waals surface area contributed by atoms with Crippen molar-refractivity contribution in [1.29, 1.82) is 0 Å². The Kier molecular flexibility index (Phi) is 5.02. The molecule has 1 unspecified atom stereocenters. The maximum atomic E-state index is 5.81. The molecular formula is C15H24N2O. The molecule has 1 saturated heterocycles. The molecule has 0 radical (unpaired) electrons. The van der Waals surface area contributed by atoms with E-state index in [0.717, 1.165) is 31.9 Å². The maximum Gasteiger partial charge on any atom is 0.119 e. The predicted octanol–water partition coefficient (Wildman–Crippen LogP) is 2.40. The summed E-state index contributed by atoms with van der Waals surface area (Å²) < 4.78 is 5.67. The average molecular weight is 248 g/mol. The molecule has 1 heterocycles. The molecule has 1 aromatic rings. The van der Waals surface area contributed by atoms with Crippen LogP contribution in [-0.4, -0.2) is 30.6 Å². The van der Waals surface area contributed by atoms with Crippen LogP contribution in [0.15, 0.2) is 24.3 Å². The van der Waals surface area contributed by atoms with Crippen molar-refractivity contribution >= 4 is 0 Å². The van der Waals surface area contributed by atoms with E-state index >= 15 is 0 Å². The Hall–Kier alpha value is -1.06. The zero-order valence-corrected chi connectivity index (χ0v) is 11.3. The van der Waals surface area contributed by atoms with Crippen molar-refractivity contribution in [1.82, 2.24) is 4.90 Å². The third-order valence-electron chi connectivity index (χ3n) is 3.53. The van der Waals surface area contributed by atoms with Crippen molar-refractivity contribution in [2.45, 2.75) is 38.8 Å². The monoisotopic (exact) mass is 248 g/mol. The molecular weight excluding hydrogens is 224 g/mol. The highest BCUT2D eigenvalue weighted by Gasteiger charge is 2.22. The third kappa shape index (κ3) is 3.47. The van der Waals surface area contributed by atoms with E-state index in [9.17, 15) is 0 Å². The lowest BCUT2D eigenvalue weighted by Gasteiger charge is -2.23. The Bertz CT molecular complexity index is 367. The Labute approximate surface area is 110 Å². The van der Waals surface area contributed by atoms with Crippen molar-refractivity contribution in [3.63, 3.8) is 0 Å². The van der Waals surface area contributed by atoms with Gasteiger partial charge in [0.05, 0.1) is 6.61 Å². The van der Waals surface area contributed by atoms with Gasteiger partial charge in [0, 0.05) is 19.1 Å². The number of likely N-dealkylation sites (tertiary alicyclic amines) is 1. The van der Waals surface area contributed by atoms with Gasteiger partial charge in [-0.3, -0.25) is 4.90 Å².